The van der Waals surface area contributed by atoms with Gasteiger partial charge in [0, 0.05) is 36.3 Å². The number of hydrogen-bond acceptors (Lipinski definition) is 7. The van der Waals surface area contributed by atoms with Gasteiger partial charge in [0.05, 0.1) is 11.5 Å². The average molecular weight is 483 g/mol. The first-order valence-corrected chi connectivity index (χ1v) is 10.9. The lowest BCUT2D eigenvalue weighted by atomic mass is 10.0. The van der Waals surface area contributed by atoms with E-state index in [2.05, 4.69) is 10.6 Å². The number of nitro benzene ring substituents is 1. The van der Waals surface area contributed by atoms with Gasteiger partial charge in [-0.1, -0.05) is 12.1 Å². The maximum atomic E-state index is 13.2. The molecule has 0 radical (unpaired) electrons. The molecule has 3 rings (SSSR count). The number of nitro groups is 1. The van der Waals surface area contributed by atoms with E-state index < -0.39 is 47.2 Å². The number of nitrogens with zero attached hydrogens (tertiary/aromatic N) is 2. The van der Waals surface area contributed by atoms with Crippen LogP contribution in [0.3, 0.4) is 0 Å². The van der Waals surface area contributed by atoms with Crippen LogP contribution in [-0.2, 0) is 20.8 Å². The number of aliphatic carboxylic acids is 1. The summed E-state index contributed by atoms with van der Waals surface area (Å²) in [6.07, 6.45) is 0.798. The van der Waals surface area contributed by atoms with Crippen LogP contribution in [0.25, 0.3) is 0 Å². The van der Waals surface area contributed by atoms with Crippen LogP contribution in [0, 0.1) is 10.1 Å². The van der Waals surface area contributed by atoms with Crippen molar-refractivity contribution in [2.45, 2.75) is 31.3 Å². The molecular weight excluding hydrogens is 458 g/mol. The number of amides is 3. The van der Waals surface area contributed by atoms with Crippen molar-refractivity contribution >= 4 is 35.1 Å². The molecule has 3 amide bonds. The first-order valence-electron chi connectivity index (χ1n) is 10.9. The van der Waals surface area contributed by atoms with Gasteiger partial charge in [0.1, 0.15) is 12.1 Å². The number of rotatable bonds is 9. The number of carbonyl (C=O) groups is 4. The number of anilines is 1. The standard InChI is InChI=1S/C23H25N5O7/c24-16-7-5-15(6-8-16)21(30)25-13-20(29)26-18(12-14-3-9-17(10-4-14)28(34)35)22(31)27-11-1-2-19(27)23(32)33/h3-10,18-19H,1-2,11-13,24H2,(H,25,30)(H,26,29)(H,32,33)/t18?,19-/m0/s1. The lowest BCUT2D eigenvalue weighted by molar-refractivity contribution is -0.384. The third kappa shape index (κ3) is 6.53. The summed E-state index contributed by atoms with van der Waals surface area (Å²) < 4.78 is 0. The van der Waals surface area contributed by atoms with Crippen LogP contribution in [0.4, 0.5) is 11.4 Å². The fraction of sp³-hybridized carbons (Fsp3) is 0.304. The van der Waals surface area contributed by atoms with Crippen LogP contribution in [0.5, 0.6) is 0 Å². The van der Waals surface area contributed by atoms with Gasteiger partial charge in [-0.05, 0) is 42.7 Å². The van der Waals surface area contributed by atoms with Crippen molar-refractivity contribution in [3.63, 3.8) is 0 Å². The van der Waals surface area contributed by atoms with Gasteiger partial charge in [0.25, 0.3) is 11.6 Å². The molecule has 1 unspecified atom stereocenters. The van der Waals surface area contributed by atoms with Crippen molar-refractivity contribution < 1.29 is 29.2 Å². The normalized spacial score (nSPS) is 15.8. The van der Waals surface area contributed by atoms with Crippen LogP contribution in [-0.4, -0.2) is 63.8 Å². The molecule has 1 heterocycles. The Bertz CT molecular complexity index is 1120. The number of benzene rings is 2. The second kappa shape index (κ2) is 11.1. The molecule has 1 aliphatic rings. The van der Waals surface area contributed by atoms with E-state index in [1.54, 1.807) is 12.1 Å². The second-order valence-electron chi connectivity index (χ2n) is 8.08. The number of nitrogen functional groups attached to an aromatic ring is 1. The van der Waals surface area contributed by atoms with E-state index in [4.69, 9.17) is 5.73 Å². The number of hydrogen-bond donors (Lipinski definition) is 4. The molecule has 0 bridgehead atoms. The fourth-order valence-corrected chi connectivity index (χ4v) is 3.82. The summed E-state index contributed by atoms with van der Waals surface area (Å²) >= 11 is 0. The van der Waals surface area contributed by atoms with E-state index in [1.165, 1.54) is 41.3 Å². The molecule has 12 nitrogen and oxygen atoms in total. The molecule has 2 aromatic rings. The number of non-ortho nitro benzene ring substituents is 1. The highest BCUT2D eigenvalue weighted by Crippen LogP contribution is 2.20. The lowest BCUT2D eigenvalue weighted by Gasteiger charge is -2.27. The summed E-state index contributed by atoms with van der Waals surface area (Å²) in [6.45, 7) is -0.189. The molecule has 1 saturated heterocycles. The minimum absolute atomic E-state index is 0.0166. The maximum absolute atomic E-state index is 13.2. The van der Waals surface area contributed by atoms with Gasteiger partial charge >= 0.3 is 5.97 Å². The summed E-state index contributed by atoms with van der Waals surface area (Å²) in [4.78, 5) is 61.2. The van der Waals surface area contributed by atoms with Gasteiger partial charge in [-0.15, -0.1) is 0 Å². The molecule has 2 aromatic carbocycles. The van der Waals surface area contributed by atoms with E-state index in [0.717, 1.165) is 0 Å². The Morgan fingerprint density at radius 1 is 1.11 bits per heavy atom. The molecule has 35 heavy (non-hydrogen) atoms. The van der Waals surface area contributed by atoms with Crippen LogP contribution in [0.1, 0.15) is 28.8 Å². The zero-order valence-corrected chi connectivity index (χ0v) is 18.7. The predicted octanol–water partition coefficient (Wildman–Crippen LogP) is 0.710. The average Bonchev–Trinajstić information content (AvgIpc) is 3.33. The minimum Gasteiger partial charge on any atom is -0.480 e. The summed E-state index contributed by atoms with van der Waals surface area (Å²) in [5.41, 5.74) is 6.78. The highest BCUT2D eigenvalue weighted by Gasteiger charge is 2.37. The highest BCUT2D eigenvalue weighted by atomic mass is 16.6. The Morgan fingerprint density at radius 2 is 1.77 bits per heavy atom. The first kappa shape index (κ1) is 25.1. The lowest BCUT2D eigenvalue weighted by Crippen LogP contribution is -2.54. The molecule has 2 atom stereocenters. The largest absolute Gasteiger partial charge is 0.480 e. The molecule has 12 heteroatoms. The van der Waals surface area contributed by atoms with E-state index in [-0.39, 0.29) is 18.7 Å². The fourth-order valence-electron chi connectivity index (χ4n) is 3.82. The zero-order chi connectivity index (χ0) is 25.5. The monoisotopic (exact) mass is 483 g/mol. The molecule has 0 spiro atoms. The van der Waals surface area contributed by atoms with E-state index in [0.29, 0.717) is 29.7 Å². The third-order valence-corrected chi connectivity index (χ3v) is 5.62. The van der Waals surface area contributed by atoms with Gasteiger partial charge < -0.3 is 26.4 Å². The van der Waals surface area contributed by atoms with Gasteiger partial charge in [-0.2, -0.15) is 0 Å². The number of carboxylic acids is 1. The summed E-state index contributed by atoms with van der Waals surface area (Å²) in [5, 5.41) is 25.4. The van der Waals surface area contributed by atoms with Crippen molar-refractivity contribution in [2.75, 3.05) is 18.8 Å². The molecule has 1 aliphatic heterocycles. The quantitative estimate of drug-likeness (QED) is 0.228. The van der Waals surface area contributed by atoms with Crippen molar-refractivity contribution in [3.05, 3.63) is 69.8 Å². The van der Waals surface area contributed by atoms with Crippen molar-refractivity contribution in [1.82, 2.24) is 15.5 Å². The zero-order valence-electron chi connectivity index (χ0n) is 18.7. The summed E-state index contributed by atoms with van der Waals surface area (Å²) in [5.74, 6) is -2.87. The molecule has 1 fully saturated rings. The van der Waals surface area contributed by atoms with Gasteiger partial charge in [0.15, 0.2) is 0 Å². The number of carbonyl (C=O) groups excluding carboxylic acids is 3. The number of nitrogens with one attached hydrogen (secondary N) is 2. The maximum Gasteiger partial charge on any atom is 0.326 e. The van der Waals surface area contributed by atoms with E-state index in [1.807, 2.05) is 0 Å². The first-order chi connectivity index (χ1) is 16.7. The van der Waals surface area contributed by atoms with Crippen LogP contribution in [0.15, 0.2) is 48.5 Å². The Balaban J connectivity index is 1.71. The Kier molecular flexibility index (Phi) is 7.97. The number of nitrogens with two attached hydrogens (primary N) is 1. The Morgan fingerprint density at radius 3 is 2.37 bits per heavy atom. The highest BCUT2D eigenvalue weighted by molar-refractivity contribution is 5.97. The molecule has 0 aromatic heterocycles. The van der Waals surface area contributed by atoms with Crippen LogP contribution >= 0.6 is 0 Å². The topological polar surface area (TPSA) is 185 Å². The second-order valence-corrected chi connectivity index (χ2v) is 8.08. The molecule has 0 aliphatic carbocycles. The summed E-state index contributed by atoms with van der Waals surface area (Å²) in [7, 11) is 0. The van der Waals surface area contributed by atoms with Crippen LogP contribution < -0.4 is 16.4 Å². The third-order valence-electron chi connectivity index (χ3n) is 5.62. The van der Waals surface area contributed by atoms with Gasteiger partial charge in [0.2, 0.25) is 11.8 Å². The van der Waals surface area contributed by atoms with Crippen molar-refractivity contribution in [2.24, 2.45) is 0 Å². The summed E-state index contributed by atoms with van der Waals surface area (Å²) in [6, 6.07) is 9.46. The predicted molar refractivity (Wildman–Crippen MR) is 124 cm³/mol. The smallest absolute Gasteiger partial charge is 0.326 e. The molecule has 0 saturated carbocycles. The van der Waals surface area contributed by atoms with Crippen LogP contribution in [0.2, 0.25) is 0 Å². The Hall–Kier alpha value is -4.48. The minimum atomic E-state index is -1.13. The Labute approximate surface area is 200 Å². The SMILES string of the molecule is Nc1ccc(C(=O)NCC(=O)NC(Cc2ccc([N+](=O)[O-])cc2)C(=O)N2CCC[C@H]2C(=O)O)cc1. The number of likely N-dealkylation sites (tertiary alicyclic amines) is 1. The molecular formula is C23H25N5O7. The molecule has 5 N–H and O–H groups in total. The van der Waals surface area contributed by atoms with Crippen molar-refractivity contribution in [1.29, 1.82) is 0 Å². The molecule has 184 valence electrons. The number of carboxylic acid groups (broad SMARTS) is 1. The van der Waals surface area contributed by atoms with Gasteiger partial charge in [-0.3, -0.25) is 24.5 Å². The van der Waals surface area contributed by atoms with Gasteiger partial charge in [-0.25, -0.2) is 4.79 Å². The van der Waals surface area contributed by atoms with E-state index >= 15 is 0 Å². The van der Waals surface area contributed by atoms with Crippen molar-refractivity contribution in [3.8, 4) is 0 Å². The van der Waals surface area contributed by atoms with E-state index in [9.17, 15) is 34.4 Å².